The molecule has 0 spiro atoms. The molecule has 0 aliphatic carbocycles. The minimum Gasteiger partial charge on any atom is -0.319 e. The highest BCUT2D eigenvalue weighted by Crippen LogP contribution is 2.44. The maximum atomic E-state index is 13.1. The third kappa shape index (κ3) is 2.74. The largest absolute Gasteiger partial charge is 0.455 e. The Bertz CT molecular complexity index is 416. The molecule has 0 aliphatic heterocycles. The molecular weight excluding hydrogens is 316 g/mol. The van der Waals surface area contributed by atoms with Crippen molar-refractivity contribution in [3.8, 4) is 0 Å². The van der Waals surface area contributed by atoms with E-state index in [1.807, 2.05) is 0 Å². The van der Waals surface area contributed by atoms with Crippen molar-refractivity contribution in [3.63, 3.8) is 0 Å². The summed E-state index contributed by atoms with van der Waals surface area (Å²) in [6.07, 6.45) is -5.83. The molecule has 0 aromatic heterocycles. The van der Waals surface area contributed by atoms with Gasteiger partial charge >= 0.3 is 12.1 Å². The van der Waals surface area contributed by atoms with E-state index in [2.05, 4.69) is 15.9 Å². The van der Waals surface area contributed by atoms with Crippen LogP contribution >= 0.6 is 15.9 Å². The van der Waals surface area contributed by atoms with Gasteiger partial charge in [-0.3, -0.25) is 0 Å². The molecule has 96 valence electrons. The second-order valence-electron chi connectivity index (χ2n) is 3.26. The molecule has 0 radical (unpaired) electrons. The van der Waals surface area contributed by atoms with Gasteiger partial charge in [0.05, 0.1) is 0 Å². The molecule has 0 bridgehead atoms. The first-order chi connectivity index (χ1) is 7.57. The molecule has 0 aliphatic rings. The van der Waals surface area contributed by atoms with Crippen LogP contribution in [0.2, 0.25) is 0 Å². The number of halogens is 7. The number of nitrogens with two attached hydrogens (primary N) is 1. The molecule has 1 nitrogen and oxygen atoms in total. The standard InChI is InChI=1S/C9H6BrF6N/c10-4-1-2-6(11)5(3-4)7(17)8(12,13)9(14,15)16/h1-3,7H,17H2/t7-/m0/s1. The van der Waals surface area contributed by atoms with Crippen LogP contribution in [0.25, 0.3) is 0 Å². The van der Waals surface area contributed by atoms with Gasteiger partial charge in [0.2, 0.25) is 0 Å². The number of hydrogen-bond acceptors (Lipinski definition) is 1. The predicted molar refractivity (Wildman–Crippen MR) is 52.0 cm³/mol. The summed E-state index contributed by atoms with van der Waals surface area (Å²) in [7, 11) is 0. The molecule has 1 rings (SSSR count). The van der Waals surface area contributed by atoms with Crippen molar-refractivity contribution in [1.82, 2.24) is 0 Å². The molecule has 0 saturated heterocycles. The number of alkyl halides is 5. The van der Waals surface area contributed by atoms with E-state index in [0.717, 1.165) is 18.2 Å². The van der Waals surface area contributed by atoms with E-state index in [-0.39, 0.29) is 4.47 Å². The maximum absolute atomic E-state index is 13.1. The first kappa shape index (κ1) is 14.3. The van der Waals surface area contributed by atoms with Crippen LogP contribution in [0, 0.1) is 5.82 Å². The van der Waals surface area contributed by atoms with E-state index < -0.39 is 29.5 Å². The predicted octanol–water partition coefficient (Wildman–Crippen LogP) is 3.79. The smallest absolute Gasteiger partial charge is 0.319 e. The van der Waals surface area contributed by atoms with E-state index in [0.29, 0.717) is 0 Å². The van der Waals surface area contributed by atoms with Crippen molar-refractivity contribution >= 4 is 15.9 Å². The Kier molecular flexibility index (Phi) is 3.78. The van der Waals surface area contributed by atoms with Crippen LogP contribution in [-0.4, -0.2) is 12.1 Å². The topological polar surface area (TPSA) is 26.0 Å². The van der Waals surface area contributed by atoms with Gasteiger partial charge in [0, 0.05) is 10.0 Å². The molecule has 2 N–H and O–H groups in total. The third-order valence-electron chi connectivity index (χ3n) is 2.06. The molecule has 8 heteroatoms. The molecule has 1 atom stereocenters. The summed E-state index contributed by atoms with van der Waals surface area (Å²) in [5.74, 6) is -6.42. The number of benzene rings is 1. The summed E-state index contributed by atoms with van der Waals surface area (Å²) in [5.41, 5.74) is 3.90. The van der Waals surface area contributed by atoms with E-state index in [1.165, 1.54) is 0 Å². The number of rotatable bonds is 2. The molecule has 1 aromatic carbocycles. The van der Waals surface area contributed by atoms with Crippen LogP contribution in [0.15, 0.2) is 22.7 Å². The van der Waals surface area contributed by atoms with Crippen LogP contribution in [0.3, 0.4) is 0 Å². The fourth-order valence-corrected chi connectivity index (χ4v) is 1.50. The summed E-state index contributed by atoms with van der Waals surface area (Å²) in [4.78, 5) is 0. The average molecular weight is 322 g/mol. The SMILES string of the molecule is N[C@@H](c1cc(Br)ccc1F)C(F)(F)C(F)(F)F. The van der Waals surface area contributed by atoms with E-state index in [1.54, 1.807) is 0 Å². The molecular formula is C9H6BrF6N. The Balaban J connectivity index is 3.21. The molecule has 0 fully saturated rings. The van der Waals surface area contributed by atoms with Gasteiger partial charge in [-0.2, -0.15) is 22.0 Å². The van der Waals surface area contributed by atoms with Gasteiger partial charge in [0.25, 0.3) is 0 Å². The average Bonchev–Trinajstić information content (AvgIpc) is 2.19. The fraction of sp³-hybridized carbons (Fsp3) is 0.333. The second kappa shape index (κ2) is 4.49. The lowest BCUT2D eigenvalue weighted by Gasteiger charge is -2.26. The third-order valence-corrected chi connectivity index (χ3v) is 2.55. The molecule has 0 saturated carbocycles. The van der Waals surface area contributed by atoms with Crippen LogP contribution in [0.5, 0.6) is 0 Å². The van der Waals surface area contributed by atoms with Crippen LogP contribution < -0.4 is 5.73 Å². The Labute approximate surface area is 101 Å². The quantitative estimate of drug-likeness (QED) is 0.824. The first-order valence-corrected chi connectivity index (χ1v) is 5.01. The minimum atomic E-state index is -5.83. The van der Waals surface area contributed by atoms with Crippen molar-refractivity contribution in [1.29, 1.82) is 0 Å². The lowest BCUT2D eigenvalue weighted by molar-refractivity contribution is -0.291. The lowest BCUT2D eigenvalue weighted by Crippen LogP contribution is -2.46. The van der Waals surface area contributed by atoms with Crippen molar-refractivity contribution in [2.45, 2.75) is 18.1 Å². The highest BCUT2D eigenvalue weighted by molar-refractivity contribution is 9.10. The van der Waals surface area contributed by atoms with Crippen molar-refractivity contribution in [3.05, 3.63) is 34.1 Å². The molecule has 0 unspecified atom stereocenters. The van der Waals surface area contributed by atoms with Crippen molar-refractivity contribution in [2.24, 2.45) is 5.73 Å². The maximum Gasteiger partial charge on any atom is 0.455 e. The van der Waals surface area contributed by atoms with Gasteiger partial charge < -0.3 is 5.73 Å². The number of hydrogen-bond donors (Lipinski definition) is 1. The molecule has 0 heterocycles. The van der Waals surface area contributed by atoms with Crippen molar-refractivity contribution < 1.29 is 26.3 Å². The van der Waals surface area contributed by atoms with Gasteiger partial charge in [0.1, 0.15) is 11.9 Å². The summed E-state index contributed by atoms with van der Waals surface area (Å²) in [6, 6.07) is -0.0807. The van der Waals surface area contributed by atoms with E-state index in [4.69, 9.17) is 5.73 Å². The normalized spacial score (nSPS) is 14.8. The summed E-state index contributed by atoms with van der Waals surface area (Å²) in [6.45, 7) is 0. The van der Waals surface area contributed by atoms with Gasteiger partial charge in [-0.1, -0.05) is 15.9 Å². The summed E-state index contributed by atoms with van der Waals surface area (Å²) in [5, 5.41) is 0. The van der Waals surface area contributed by atoms with Crippen molar-refractivity contribution in [2.75, 3.05) is 0 Å². The molecule has 0 amide bonds. The fourth-order valence-electron chi connectivity index (χ4n) is 1.12. The Hall–Kier alpha value is -0.760. The van der Waals surface area contributed by atoms with Gasteiger partial charge in [-0.05, 0) is 18.2 Å². The van der Waals surface area contributed by atoms with Crippen LogP contribution in [-0.2, 0) is 0 Å². The van der Waals surface area contributed by atoms with Crippen LogP contribution in [0.4, 0.5) is 26.3 Å². The molecule has 1 aromatic rings. The Morgan fingerprint density at radius 2 is 1.65 bits per heavy atom. The Morgan fingerprint density at radius 3 is 2.12 bits per heavy atom. The zero-order valence-corrected chi connectivity index (χ0v) is 9.62. The lowest BCUT2D eigenvalue weighted by atomic mass is 10.0. The molecule has 17 heavy (non-hydrogen) atoms. The second-order valence-corrected chi connectivity index (χ2v) is 4.18. The summed E-state index contributed by atoms with van der Waals surface area (Å²) < 4.78 is 75.2. The first-order valence-electron chi connectivity index (χ1n) is 4.22. The highest BCUT2D eigenvalue weighted by atomic mass is 79.9. The van der Waals surface area contributed by atoms with Gasteiger partial charge in [-0.25, -0.2) is 4.39 Å². The monoisotopic (exact) mass is 321 g/mol. The highest BCUT2D eigenvalue weighted by Gasteiger charge is 2.62. The zero-order valence-electron chi connectivity index (χ0n) is 8.03. The zero-order chi connectivity index (χ0) is 13.4. The summed E-state index contributed by atoms with van der Waals surface area (Å²) >= 11 is 2.83. The van der Waals surface area contributed by atoms with Gasteiger partial charge in [-0.15, -0.1) is 0 Å². The Morgan fingerprint density at radius 1 is 1.12 bits per heavy atom. The van der Waals surface area contributed by atoms with Gasteiger partial charge in [0.15, 0.2) is 0 Å². The van der Waals surface area contributed by atoms with E-state index in [9.17, 15) is 26.3 Å². The van der Waals surface area contributed by atoms with Crippen LogP contribution in [0.1, 0.15) is 11.6 Å². The minimum absolute atomic E-state index is 0.155. The van der Waals surface area contributed by atoms with E-state index >= 15 is 0 Å².